The zero-order valence-corrected chi connectivity index (χ0v) is 10.3. The zero-order valence-electron chi connectivity index (χ0n) is 10.3. The minimum atomic E-state index is 0.171. The highest BCUT2D eigenvalue weighted by Crippen LogP contribution is 2.41. The van der Waals surface area contributed by atoms with Crippen molar-refractivity contribution in [1.82, 2.24) is 4.98 Å². The van der Waals surface area contributed by atoms with Gasteiger partial charge in [0.25, 0.3) is 0 Å². The van der Waals surface area contributed by atoms with Crippen molar-refractivity contribution >= 4 is 0 Å². The maximum atomic E-state index is 6.32. The lowest BCUT2D eigenvalue weighted by molar-refractivity contribution is 0.173. The number of hydrogen-bond donors (Lipinski definition) is 1. The Morgan fingerprint density at radius 1 is 1.38 bits per heavy atom. The molecule has 0 amide bonds. The van der Waals surface area contributed by atoms with Crippen LogP contribution in [0.3, 0.4) is 0 Å². The Labute approximate surface area is 98.3 Å². The number of hydrogen-bond acceptors (Lipinski definition) is 2. The number of nitrogens with zero attached hydrogens (tertiary/aromatic N) is 1. The molecule has 1 fully saturated rings. The van der Waals surface area contributed by atoms with E-state index in [1.54, 1.807) is 6.20 Å². The maximum Gasteiger partial charge on any atom is 0.0338 e. The normalized spacial score (nSPS) is 22.9. The number of aromatic nitrogens is 1. The van der Waals surface area contributed by atoms with E-state index in [0.717, 1.165) is 0 Å². The lowest BCUT2D eigenvalue weighted by Gasteiger charge is -2.36. The van der Waals surface area contributed by atoms with E-state index in [-0.39, 0.29) is 6.04 Å². The van der Waals surface area contributed by atoms with Gasteiger partial charge in [-0.15, -0.1) is 0 Å². The molecule has 1 atom stereocenters. The minimum absolute atomic E-state index is 0.171. The highest BCUT2D eigenvalue weighted by Gasteiger charge is 2.30. The summed E-state index contributed by atoms with van der Waals surface area (Å²) in [5, 5.41) is 0. The van der Waals surface area contributed by atoms with Gasteiger partial charge >= 0.3 is 0 Å². The molecule has 0 radical (unpaired) electrons. The van der Waals surface area contributed by atoms with E-state index in [2.05, 4.69) is 24.9 Å². The minimum Gasteiger partial charge on any atom is -0.324 e. The van der Waals surface area contributed by atoms with Gasteiger partial charge in [-0.05, 0) is 48.6 Å². The highest BCUT2D eigenvalue weighted by molar-refractivity contribution is 5.14. The largest absolute Gasteiger partial charge is 0.324 e. The maximum absolute atomic E-state index is 6.32. The van der Waals surface area contributed by atoms with Gasteiger partial charge in [-0.25, -0.2) is 0 Å². The predicted octanol–water partition coefficient (Wildman–Crippen LogP) is 3.30. The van der Waals surface area contributed by atoms with Gasteiger partial charge < -0.3 is 5.73 Å². The van der Waals surface area contributed by atoms with Crippen LogP contribution in [0.4, 0.5) is 0 Å². The highest BCUT2D eigenvalue weighted by atomic mass is 14.7. The Hall–Kier alpha value is -0.890. The van der Waals surface area contributed by atoms with Gasteiger partial charge in [-0.3, -0.25) is 4.98 Å². The van der Waals surface area contributed by atoms with E-state index in [1.807, 2.05) is 12.3 Å². The summed E-state index contributed by atoms with van der Waals surface area (Å²) >= 11 is 0. The summed E-state index contributed by atoms with van der Waals surface area (Å²) in [6.45, 7) is 4.72. The fourth-order valence-corrected chi connectivity index (χ4v) is 2.63. The van der Waals surface area contributed by atoms with Crippen LogP contribution in [-0.2, 0) is 0 Å². The van der Waals surface area contributed by atoms with Crippen molar-refractivity contribution in [2.24, 2.45) is 17.1 Å². The molecule has 88 valence electrons. The van der Waals surface area contributed by atoms with Crippen LogP contribution in [0, 0.1) is 11.3 Å². The summed E-state index contributed by atoms with van der Waals surface area (Å²) in [5.41, 5.74) is 8.02. The Balaban J connectivity index is 2.00. The third-order valence-corrected chi connectivity index (χ3v) is 3.96. The molecule has 2 N–H and O–H groups in total. The molecule has 1 unspecified atom stereocenters. The van der Waals surface area contributed by atoms with Crippen LogP contribution in [0.5, 0.6) is 0 Å². The van der Waals surface area contributed by atoms with E-state index in [1.165, 1.54) is 31.2 Å². The molecular weight excluding hydrogens is 196 g/mol. The average Bonchev–Trinajstić information content (AvgIpc) is 2.29. The topological polar surface area (TPSA) is 38.9 Å². The number of nitrogens with two attached hydrogens (primary N) is 1. The van der Waals surface area contributed by atoms with Gasteiger partial charge in [-0.1, -0.05) is 19.9 Å². The van der Waals surface area contributed by atoms with Crippen LogP contribution in [-0.4, -0.2) is 4.98 Å². The van der Waals surface area contributed by atoms with Crippen molar-refractivity contribution < 1.29 is 0 Å². The van der Waals surface area contributed by atoms with Gasteiger partial charge in [0.1, 0.15) is 0 Å². The summed E-state index contributed by atoms with van der Waals surface area (Å²) in [5.74, 6) is 0.636. The van der Waals surface area contributed by atoms with E-state index < -0.39 is 0 Å². The van der Waals surface area contributed by atoms with Crippen LogP contribution in [0.2, 0.25) is 0 Å². The molecule has 1 heterocycles. The van der Waals surface area contributed by atoms with E-state index in [4.69, 9.17) is 5.73 Å². The van der Waals surface area contributed by atoms with Crippen molar-refractivity contribution in [1.29, 1.82) is 0 Å². The van der Waals surface area contributed by atoms with Crippen molar-refractivity contribution in [2.45, 2.75) is 45.6 Å². The lowest BCUT2D eigenvalue weighted by Crippen LogP contribution is -2.29. The molecule has 2 nitrogen and oxygen atoms in total. The van der Waals surface area contributed by atoms with Crippen LogP contribution in [0.1, 0.15) is 51.1 Å². The second-order valence-electron chi connectivity index (χ2n) is 5.81. The van der Waals surface area contributed by atoms with Gasteiger partial charge in [0.2, 0.25) is 0 Å². The third kappa shape index (κ3) is 2.62. The summed E-state index contributed by atoms with van der Waals surface area (Å²) < 4.78 is 0. The molecule has 1 aliphatic rings. The molecule has 2 rings (SSSR count). The molecule has 2 heteroatoms. The third-order valence-electron chi connectivity index (χ3n) is 3.96. The van der Waals surface area contributed by atoms with E-state index in [0.29, 0.717) is 11.3 Å². The van der Waals surface area contributed by atoms with Crippen LogP contribution < -0.4 is 5.73 Å². The monoisotopic (exact) mass is 218 g/mol. The van der Waals surface area contributed by atoms with Crippen LogP contribution in [0.25, 0.3) is 0 Å². The standard InChI is InChI=1S/C14H22N2/c1-14(2)7-5-11(6-8-14)13(15)12-4-3-9-16-10-12/h3-4,9-11,13H,5-8,15H2,1-2H3. The molecule has 1 saturated carbocycles. The molecule has 0 spiro atoms. The first-order valence-electron chi connectivity index (χ1n) is 6.24. The SMILES string of the molecule is CC1(C)CCC(C(N)c2cccnc2)CC1. The van der Waals surface area contributed by atoms with Crippen molar-refractivity contribution in [3.8, 4) is 0 Å². The van der Waals surface area contributed by atoms with E-state index >= 15 is 0 Å². The molecule has 16 heavy (non-hydrogen) atoms. The van der Waals surface area contributed by atoms with Crippen LogP contribution >= 0.6 is 0 Å². The Bertz CT molecular complexity index is 322. The van der Waals surface area contributed by atoms with Gasteiger partial charge in [0.15, 0.2) is 0 Å². The second kappa shape index (κ2) is 4.54. The first-order chi connectivity index (χ1) is 7.58. The predicted molar refractivity (Wildman–Crippen MR) is 66.9 cm³/mol. The molecule has 1 aromatic heterocycles. The molecule has 0 bridgehead atoms. The molecule has 1 aliphatic carbocycles. The zero-order chi connectivity index (χ0) is 11.6. The van der Waals surface area contributed by atoms with E-state index in [9.17, 15) is 0 Å². The van der Waals surface area contributed by atoms with Gasteiger partial charge in [0, 0.05) is 18.4 Å². The Morgan fingerprint density at radius 3 is 2.62 bits per heavy atom. The number of rotatable bonds is 2. The Morgan fingerprint density at radius 2 is 2.06 bits per heavy atom. The molecular formula is C14H22N2. The number of pyridine rings is 1. The molecule has 1 aromatic rings. The fraction of sp³-hybridized carbons (Fsp3) is 0.643. The fourth-order valence-electron chi connectivity index (χ4n) is 2.63. The van der Waals surface area contributed by atoms with Gasteiger partial charge in [0.05, 0.1) is 0 Å². The molecule has 0 aliphatic heterocycles. The first-order valence-corrected chi connectivity index (χ1v) is 6.24. The summed E-state index contributed by atoms with van der Waals surface area (Å²) in [6.07, 6.45) is 8.81. The van der Waals surface area contributed by atoms with Crippen molar-refractivity contribution in [2.75, 3.05) is 0 Å². The average molecular weight is 218 g/mol. The molecule has 0 saturated heterocycles. The molecule has 0 aromatic carbocycles. The summed E-state index contributed by atoms with van der Waals surface area (Å²) in [7, 11) is 0. The van der Waals surface area contributed by atoms with Gasteiger partial charge in [-0.2, -0.15) is 0 Å². The lowest BCUT2D eigenvalue weighted by atomic mass is 9.70. The first kappa shape index (κ1) is 11.6. The summed E-state index contributed by atoms with van der Waals surface area (Å²) in [4.78, 5) is 4.15. The van der Waals surface area contributed by atoms with Crippen molar-refractivity contribution in [3.05, 3.63) is 30.1 Å². The van der Waals surface area contributed by atoms with Crippen molar-refractivity contribution in [3.63, 3.8) is 0 Å². The smallest absolute Gasteiger partial charge is 0.0338 e. The second-order valence-corrected chi connectivity index (χ2v) is 5.81. The van der Waals surface area contributed by atoms with Crippen LogP contribution in [0.15, 0.2) is 24.5 Å². The quantitative estimate of drug-likeness (QED) is 0.827. The summed E-state index contributed by atoms with van der Waals surface area (Å²) in [6, 6.07) is 4.24. The Kier molecular flexibility index (Phi) is 3.29.